The van der Waals surface area contributed by atoms with Crippen molar-refractivity contribution < 1.29 is 14.6 Å². The van der Waals surface area contributed by atoms with E-state index in [1.165, 1.54) is 7.05 Å². The zero-order valence-electron chi connectivity index (χ0n) is 12.4. The van der Waals surface area contributed by atoms with Gasteiger partial charge in [0.05, 0.1) is 0 Å². The number of ether oxygens (including phenoxy) is 1. The first-order valence-corrected chi connectivity index (χ1v) is 6.73. The number of rotatable bonds is 3. The monoisotopic (exact) mass is 285 g/mol. The van der Waals surface area contributed by atoms with Gasteiger partial charge in [0.1, 0.15) is 11.5 Å². The third-order valence-electron chi connectivity index (χ3n) is 3.58. The summed E-state index contributed by atoms with van der Waals surface area (Å²) in [6.07, 6.45) is -0.486. The summed E-state index contributed by atoms with van der Waals surface area (Å²) in [5, 5.41) is 11.8. The molecule has 110 valence electrons. The second kappa shape index (κ2) is 5.87. The van der Waals surface area contributed by atoms with E-state index in [1.807, 2.05) is 24.3 Å². The lowest BCUT2D eigenvalue weighted by molar-refractivity contribution is 0.203. The lowest BCUT2D eigenvalue weighted by atomic mass is 9.78. The molecule has 1 amide bonds. The van der Waals surface area contributed by atoms with E-state index in [9.17, 15) is 9.90 Å². The first-order valence-electron chi connectivity index (χ1n) is 6.73. The fourth-order valence-electron chi connectivity index (χ4n) is 2.14. The molecule has 0 saturated heterocycles. The first-order chi connectivity index (χ1) is 9.93. The van der Waals surface area contributed by atoms with Gasteiger partial charge < -0.3 is 15.2 Å². The molecule has 0 aromatic heterocycles. The molecule has 2 N–H and O–H groups in total. The number of phenolic OH excluding ortho intramolecular Hbond substituents is 1. The molecule has 21 heavy (non-hydrogen) atoms. The van der Waals surface area contributed by atoms with Gasteiger partial charge in [-0.15, -0.1) is 0 Å². The van der Waals surface area contributed by atoms with Crippen molar-refractivity contribution in [2.75, 3.05) is 7.05 Å². The third kappa shape index (κ3) is 3.34. The highest BCUT2D eigenvalue weighted by Gasteiger charge is 2.23. The molecule has 0 aliphatic rings. The zero-order valence-corrected chi connectivity index (χ0v) is 12.4. The van der Waals surface area contributed by atoms with Crippen molar-refractivity contribution in [3.05, 3.63) is 59.7 Å². The minimum Gasteiger partial charge on any atom is -0.508 e. The highest BCUT2D eigenvalue weighted by molar-refractivity contribution is 5.69. The van der Waals surface area contributed by atoms with Crippen molar-refractivity contribution in [1.29, 1.82) is 0 Å². The Morgan fingerprint density at radius 3 is 1.95 bits per heavy atom. The van der Waals surface area contributed by atoms with Gasteiger partial charge in [0, 0.05) is 12.5 Å². The lowest BCUT2D eigenvalue weighted by Crippen LogP contribution is -2.22. The van der Waals surface area contributed by atoms with E-state index >= 15 is 0 Å². The fourth-order valence-corrected chi connectivity index (χ4v) is 2.14. The van der Waals surface area contributed by atoms with Gasteiger partial charge in [-0.2, -0.15) is 0 Å². The number of nitrogens with one attached hydrogen (secondary N) is 1. The molecule has 0 saturated carbocycles. The molecule has 2 aromatic rings. The summed E-state index contributed by atoms with van der Waals surface area (Å²) in [5.74, 6) is 0.753. The number of aromatic hydroxyl groups is 1. The highest BCUT2D eigenvalue weighted by Crippen LogP contribution is 2.33. The molecule has 4 heteroatoms. The molecule has 0 spiro atoms. The molecule has 2 rings (SSSR count). The maximum Gasteiger partial charge on any atom is 0.412 e. The molecular formula is C17H19NO3. The van der Waals surface area contributed by atoms with Gasteiger partial charge in [-0.25, -0.2) is 4.79 Å². The Labute approximate surface area is 124 Å². The lowest BCUT2D eigenvalue weighted by Gasteiger charge is -2.26. The Morgan fingerprint density at radius 2 is 1.48 bits per heavy atom. The van der Waals surface area contributed by atoms with E-state index in [-0.39, 0.29) is 11.2 Å². The Balaban J connectivity index is 2.24. The van der Waals surface area contributed by atoms with Gasteiger partial charge in [-0.3, -0.25) is 0 Å². The van der Waals surface area contributed by atoms with E-state index in [0.29, 0.717) is 5.75 Å². The second-order valence-electron chi connectivity index (χ2n) is 5.34. The van der Waals surface area contributed by atoms with Gasteiger partial charge >= 0.3 is 6.09 Å². The van der Waals surface area contributed by atoms with Crippen LogP contribution in [0.25, 0.3) is 0 Å². The molecule has 0 unspecified atom stereocenters. The summed E-state index contributed by atoms with van der Waals surface area (Å²) < 4.78 is 5.07. The Morgan fingerprint density at radius 1 is 1.00 bits per heavy atom. The zero-order chi connectivity index (χ0) is 15.5. The van der Waals surface area contributed by atoms with Crippen LogP contribution in [0.15, 0.2) is 48.5 Å². The molecule has 2 aromatic carbocycles. The van der Waals surface area contributed by atoms with Crippen LogP contribution in [-0.4, -0.2) is 18.2 Å². The van der Waals surface area contributed by atoms with Crippen molar-refractivity contribution in [2.45, 2.75) is 19.3 Å². The van der Waals surface area contributed by atoms with E-state index < -0.39 is 6.09 Å². The van der Waals surface area contributed by atoms with Gasteiger partial charge in [-0.05, 0) is 35.4 Å². The number of benzene rings is 2. The van der Waals surface area contributed by atoms with E-state index in [0.717, 1.165) is 11.1 Å². The smallest absolute Gasteiger partial charge is 0.412 e. The molecule has 0 aliphatic heterocycles. The first kappa shape index (κ1) is 14.9. The summed E-state index contributed by atoms with van der Waals surface area (Å²) >= 11 is 0. The van der Waals surface area contributed by atoms with Gasteiger partial charge in [0.2, 0.25) is 0 Å². The van der Waals surface area contributed by atoms with Crippen LogP contribution in [0.5, 0.6) is 11.5 Å². The van der Waals surface area contributed by atoms with Crippen molar-refractivity contribution >= 4 is 6.09 Å². The fraction of sp³-hybridized carbons (Fsp3) is 0.235. The van der Waals surface area contributed by atoms with Crippen molar-refractivity contribution in [3.63, 3.8) is 0 Å². The predicted molar refractivity (Wildman–Crippen MR) is 81.8 cm³/mol. The van der Waals surface area contributed by atoms with Crippen molar-refractivity contribution in [2.24, 2.45) is 0 Å². The number of phenols is 1. The van der Waals surface area contributed by atoms with Crippen LogP contribution < -0.4 is 10.1 Å². The molecule has 0 aliphatic carbocycles. The maximum absolute atomic E-state index is 11.2. The van der Waals surface area contributed by atoms with Crippen molar-refractivity contribution in [1.82, 2.24) is 5.32 Å². The van der Waals surface area contributed by atoms with Crippen LogP contribution in [0.4, 0.5) is 4.79 Å². The maximum atomic E-state index is 11.2. The molecule has 0 bridgehead atoms. The number of hydrogen-bond acceptors (Lipinski definition) is 3. The average Bonchev–Trinajstić information content (AvgIpc) is 2.48. The number of carbonyl (C=O) groups is 1. The van der Waals surface area contributed by atoms with Crippen LogP contribution in [0.2, 0.25) is 0 Å². The standard InChI is InChI=1S/C17H19NO3/c1-17(2,12-4-8-14(19)9-5-12)13-6-10-15(11-7-13)21-16(20)18-3/h4-11,19H,1-3H3,(H,18,20). The summed E-state index contributed by atoms with van der Waals surface area (Å²) in [6, 6.07) is 14.6. The number of amides is 1. The molecule has 4 nitrogen and oxygen atoms in total. The second-order valence-corrected chi connectivity index (χ2v) is 5.34. The van der Waals surface area contributed by atoms with Crippen LogP contribution in [-0.2, 0) is 5.41 Å². The summed E-state index contributed by atoms with van der Waals surface area (Å²) in [6.45, 7) is 4.21. The Hall–Kier alpha value is -2.49. The van der Waals surface area contributed by atoms with Crippen LogP contribution in [0.1, 0.15) is 25.0 Å². The number of hydrogen-bond donors (Lipinski definition) is 2. The summed E-state index contributed by atoms with van der Waals surface area (Å²) in [7, 11) is 1.52. The third-order valence-corrected chi connectivity index (χ3v) is 3.58. The number of carbonyl (C=O) groups excluding carboxylic acids is 1. The van der Waals surface area contributed by atoms with Crippen LogP contribution >= 0.6 is 0 Å². The summed E-state index contributed by atoms with van der Waals surface area (Å²) in [5.41, 5.74) is 1.98. The van der Waals surface area contributed by atoms with E-state index in [1.54, 1.807) is 24.3 Å². The van der Waals surface area contributed by atoms with E-state index in [2.05, 4.69) is 19.2 Å². The van der Waals surface area contributed by atoms with E-state index in [4.69, 9.17) is 4.74 Å². The van der Waals surface area contributed by atoms with Crippen LogP contribution in [0, 0.1) is 0 Å². The van der Waals surface area contributed by atoms with Gasteiger partial charge in [-0.1, -0.05) is 38.1 Å². The highest BCUT2D eigenvalue weighted by atomic mass is 16.5. The predicted octanol–water partition coefficient (Wildman–Crippen LogP) is 3.44. The molecule has 0 atom stereocenters. The molecule has 0 radical (unpaired) electrons. The van der Waals surface area contributed by atoms with Gasteiger partial charge in [0.15, 0.2) is 0 Å². The molecule has 0 fully saturated rings. The molecular weight excluding hydrogens is 266 g/mol. The Bertz CT molecular complexity index is 615. The quantitative estimate of drug-likeness (QED) is 0.908. The minimum atomic E-state index is -0.486. The van der Waals surface area contributed by atoms with Crippen molar-refractivity contribution in [3.8, 4) is 11.5 Å². The summed E-state index contributed by atoms with van der Waals surface area (Å²) in [4.78, 5) is 11.2. The SMILES string of the molecule is CNC(=O)Oc1ccc(C(C)(C)c2ccc(O)cc2)cc1. The van der Waals surface area contributed by atoms with Crippen LogP contribution in [0.3, 0.4) is 0 Å². The Kier molecular flexibility index (Phi) is 4.17. The molecule has 0 heterocycles. The topological polar surface area (TPSA) is 58.6 Å². The largest absolute Gasteiger partial charge is 0.508 e. The minimum absolute atomic E-state index is 0.209. The average molecular weight is 285 g/mol. The normalized spacial score (nSPS) is 11.0. The van der Waals surface area contributed by atoms with Gasteiger partial charge in [0.25, 0.3) is 0 Å².